The Morgan fingerprint density at radius 3 is 2.43 bits per heavy atom. The number of anilines is 3. The van der Waals surface area contributed by atoms with E-state index in [9.17, 15) is 18.4 Å². The van der Waals surface area contributed by atoms with Crippen LogP contribution in [0.5, 0.6) is 0 Å². The van der Waals surface area contributed by atoms with Crippen molar-refractivity contribution in [3.05, 3.63) is 71.2 Å². The summed E-state index contributed by atoms with van der Waals surface area (Å²) >= 11 is 0. The normalized spacial score (nSPS) is 17.4. The highest BCUT2D eigenvalue weighted by Crippen LogP contribution is 2.37. The van der Waals surface area contributed by atoms with Gasteiger partial charge in [-0.3, -0.25) is 9.69 Å². The van der Waals surface area contributed by atoms with Gasteiger partial charge in [-0.15, -0.1) is 0 Å². The predicted octanol–water partition coefficient (Wildman–Crippen LogP) is 5.18. The van der Waals surface area contributed by atoms with Crippen molar-refractivity contribution in [3.63, 3.8) is 0 Å². The maximum Gasteiger partial charge on any atom is 0.323 e. The van der Waals surface area contributed by atoms with E-state index in [1.165, 1.54) is 31.5 Å². The van der Waals surface area contributed by atoms with Crippen molar-refractivity contribution in [3.8, 4) is 11.1 Å². The van der Waals surface area contributed by atoms with Gasteiger partial charge in [-0.05, 0) is 56.2 Å². The van der Waals surface area contributed by atoms with Crippen LogP contribution in [0, 0.1) is 11.6 Å². The summed E-state index contributed by atoms with van der Waals surface area (Å²) in [4.78, 5) is 31.9. The minimum Gasteiger partial charge on any atom is -0.382 e. The van der Waals surface area contributed by atoms with E-state index >= 15 is 4.39 Å². The predicted molar refractivity (Wildman–Crippen MR) is 152 cm³/mol. The van der Waals surface area contributed by atoms with Crippen LogP contribution in [0.1, 0.15) is 42.4 Å². The zero-order valence-electron chi connectivity index (χ0n) is 23.2. The SMILES string of the molecule is CC(=O)c1c(-c2ccc(NC(=O)Nc3cc(CF)ccc3F)c(F)c2)c2c(N)ncnn2c1CN1CC(C)OC(C)C1. The third kappa shape index (κ3) is 5.78. The Morgan fingerprint density at radius 2 is 1.76 bits per heavy atom. The van der Waals surface area contributed by atoms with Crippen molar-refractivity contribution in [2.75, 3.05) is 29.5 Å². The van der Waals surface area contributed by atoms with Crippen LogP contribution in [0.15, 0.2) is 42.7 Å². The summed E-state index contributed by atoms with van der Waals surface area (Å²) in [6, 6.07) is 6.51. The number of Topliss-reactive ketones (excluding diaryl/α,β-unsaturated/α-hetero) is 1. The number of fused-ring (bicyclic) bond motifs is 1. The van der Waals surface area contributed by atoms with E-state index in [1.807, 2.05) is 13.8 Å². The lowest BCUT2D eigenvalue weighted by Gasteiger charge is -2.35. The van der Waals surface area contributed by atoms with E-state index in [0.29, 0.717) is 47.5 Å². The number of aromatic nitrogens is 3. The average molecular weight is 582 g/mol. The molecule has 2 aromatic carbocycles. The molecule has 13 heteroatoms. The Bertz CT molecular complexity index is 1670. The van der Waals surface area contributed by atoms with E-state index in [0.717, 1.165) is 18.2 Å². The molecular formula is C29H30F3N7O3. The molecule has 1 saturated heterocycles. The molecule has 0 bridgehead atoms. The molecule has 2 aromatic heterocycles. The smallest absolute Gasteiger partial charge is 0.323 e. The molecule has 220 valence electrons. The van der Waals surface area contributed by atoms with Gasteiger partial charge in [0.25, 0.3) is 0 Å². The van der Waals surface area contributed by atoms with E-state index in [-0.39, 0.29) is 40.7 Å². The maximum absolute atomic E-state index is 15.4. The molecule has 2 unspecified atom stereocenters. The second-order valence-electron chi connectivity index (χ2n) is 10.3. The summed E-state index contributed by atoms with van der Waals surface area (Å²) in [5, 5.41) is 8.96. The number of benzene rings is 2. The lowest BCUT2D eigenvalue weighted by molar-refractivity contribution is -0.0709. The summed E-state index contributed by atoms with van der Waals surface area (Å²) in [5.74, 6) is -1.75. The Balaban J connectivity index is 1.50. The first-order chi connectivity index (χ1) is 20.0. The molecule has 1 fully saturated rings. The van der Waals surface area contributed by atoms with Crippen LogP contribution in [0.3, 0.4) is 0 Å². The second kappa shape index (κ2) is 11.8. The van der Waals surface area contributed by atoms with Gasteiger partial charge in [0, 0.05) is 25.2 Å². The van der Waals surface area contributed by atoms with Crippen molar-refractivity contribution in [1.82, 2.24) is 19.5 Å². The Morgan fingerprint density at radius 1 is 1.05 bits per heavy atom. The topological polar surface area (TPSA) is 127 Å². The van der Waals surface area contributed by atoms with Gasteiger partial charge in [-0.2, -0.15) is 5.10 Å². The van der Waals surface area contributed by atoms with E-state index < -0.39 is 24.3 Å². The van der Waals surface area contributed by atoms with Gasteiger partial charge in [-0.1, -0.05) is 12.1 Å². The summed E-state index contributed by atoms with van der Waals surface area (Å²) < 4.78 is 49.8. The van der Waals surface area contributed by atoms with Crippen LogP contribution >= 0.6 is 0 Å². The lowest BCUT2D eigenvalue weighted by atomic mass is 9.97. The van der Waals surface area contributed by atoms with Gasteiger partial charge in [0.2, 0.25) is 0 Å². The Labute approximate surface area is 239 Å². The molecule has 2 atom stereocenters. The van der Waals surface area contributed by atoms with Gasteiger partial charge in [0.05, 0.1) is 34.8 Å². The summed E-state index contributed by atoms with van der Waals surface area (Å²) in [7, 11) is 0. The fraction of sp³-hybridized carbons (Fsp3) is 0.310. The first kappa shape index (κ1) is 29.0. The number of nitrogen functional groups attached to an aromatic ring is 1. The van der Waals surface area contributed by atoms with Crippen molar-refractivity contribution in [2.24, 2.45) is 0 Å². The average Bonchev–Trinajstić information content (AvgIpc) is 3.26. The van der Waals surface area contributed by atoms with Crippen LogP contribution in [-0.2, 0) is 18.0 Å². The number of ketones is 1. The second-order valence-corrected chi connectivity index (χ2v) is 10.3. The van der Waals surface area contributed by atoms with Gasteiger partial charge in [0.15, 0.2) is 11.6 Å². The van der Waals surface area contributed by atoms with Gasteiger partial charge < -0.3 is 21.1 Å². The number of carbonyl (C=O) groups excluding carboxylic acids is 2. The zero-order valence-corrected chi connectivity index (χ0v) is 23.2. The molecule has 1 aliphatic rings. The molecule has 2 amide bonds. The standard InChI is InChI=1S/C29H30F3N7O3/c1-15-11-38(12-16(2)42-15)13-24-25(17(3)40)26(27-28(33)34-14-35-39(24)27)19-5-7-22(21(32)9-19)36-29(41)37-23-8-18(10-30)4-6-20(23)31/h4-9,14-16H,10-13H2,1-3H3,(H2,33,34,35)(H2,36,37,41). The number of alkyl halides is 1. The molecule has 4 N–H and O–H groups in total. The molecule has 0 saturated carbocycles. The number of carbonyl (C=O) groups is 2. The van der Waals surface area contributed by atoms with Gasteiger partial charge in [0.1, 0.15) is 30.2 Å². The molecule has 0 radical (unpaired) electrons. The highest BCUT2D eigenvalue weighted by Gasteiger charge is 2.29. The van der Waals surface area contributed by atoms with Crippen molar-refractivity contribution in [2.45, 2.75) is 46.2 Å². The van der Waals surface area contributed by atoms with Crippen LogP contribution in [-0.4, -0.2) is 56.6 Å². The number of ether oxygens (including phenoxy) is 1. The number of halogens is 3. The number of nitrogens with one attached hydrogen (secondary N) is 2. The third-order valence-corrected chi connectivity index (χ3v) is 7.01. The molecule has 1 aliphatic heterocycles. The van der Waals surface area contributed by atoms with E-state index in [4.69, 9.17) is 10.5 Å². The monoisotopic (exact) mass is 581 g/mol. The number of nitrogens with two attached hydrogens (primary N) is 1. The maximum atomic E-state index is 15.4. The highest BCUT2D eigenvalue weighted by molar-refractivity contribution is 6.08. The van der Waals surface area contributed by atoms with Crippen molar-refractivity contribution in [1.29, 1.82) is 0 Å². The largest absolute Gasteiger partial charge is 0.382 e. The number of morpholine rings is 1. The van der Waals surface area contributed by atoms with Gasteiger partial charge in [-0.25, -0.2) is 27.5 Å². The Kier molecular flexibility index (Phi) is 8.14. The zero-order chi connectivity index (χ0) is 30.1. The number of amides is 2. The fourth-order valence-corrected chi connectivity index (χ4v) is 5.41. The molecule has 0 aliphatic carbocycles. The number of hydrogen-bond acceptors (Lipinski definition) is 7. The summed E-state index contributed by atoms with van der Waals surface area (Å²) in [6.45, 7) is 6.19. The molecule has 4 aromatic rings. The van der Waals surface area contributed by atoms with Crippen LogP contribution in [0.4, 0.5) is 35.2 Å². The minimum atomic E-state index is -0.927. The highest BCUT2D eigenvalue weighted by atomic mass is 19.1. The number of urea groups is 1. The molecule has 10 nitrogen and oxygen atoms in total. The third-order valence-electron chi connectivity index (χ3n) is 7.01. The number of rotatable bonds is 7. The first-order valence-electron chi connectivity index (χ1n) is 13.3. The van der Waals surface area contributed by atoms with Crippen molar-refractivity contribution < 1.29 is 27.5 Å². The molecule has 5 rings (SSSR count). The van der Waals surface area contributed by atoms with Crippen LogP contribution in [0.2, 0.25) is 0 Å². The first-order valence-corrected chi connectivity index (χ1v) is 13.3. The van der Waals surface area contributed by atoms with Crippen LogP contribution in [0.25, 0.3) is 16.6 Å². The molecule has 3 heterocycles. The number of hydrogen-bond donors (Lipinski definition) is 3. The Hall–Kier alpha value is -4.49. The molecule has 0 spiro atoms. The molecular weight excluding hydrogens is 551 g/mol. The van der Waals surface area contributed by atoms with E-state index in [1.54, 1.807) is 4.52 Å². The quantitative estimate of drug-likeness (QED) is 0.257. The minimum absolute atomic E-state index is 0.00427. The summed E-state index contributed by atoms with van der Waals surface area (Å²) in [5.41, 5.74) is 7.93. The molecule has 42 heavy (non-hydrogen) atoms. The van der Waals surface area contributed by atoms with Gasteiger partial charge >= 0.3 is 6.03 Å². The van der Waals surface area contributed by atoms with Crippen molar-refractivity contribution >= 4 is 34.5 Å². The summed E-state index contributed by atoms with van der Waals surface area (Å²) in [6.07, 6.45) is 1.29. The number of nitrogens with zero attached hydrogens (tertiary/aromatic N) is 4. The lowest BCUT2D eigenvalue weighted by Crippen LogP contribution is -2.45. The van der Waals surface area contributed by atoms with Crippen LogP contribution < -0.4 is 16.4 Å². The van der Waals surface area contributed by atoms with E-state index in [2.05, 4.69) is 25.6 Å². The fourth-order valence-electron chi connectivity index (χ4n) is 5.41.